The second kappa shape index (κ2) is 7.65. The highest BCUT2D eigenvalue weighted by atomic mass is 35.5. The number of rotatable bonds is 5. The van der Waals surface area contributed by atoms with Crippen LogP contribution < -0.4 is 10.9 Å². The largest absolute Gasteiger partial charge is 0.380 e. The van der Waals surface area contributed by atoms with E-state index in [1.807, 2.05) is 12.1 Å². The van der Waals surface area contributed by atoms with Crippen molar-refractivity contribution in [3.05, 3.63) is 68.6 Å². The summed E-state index contributed by atoms with van der Waals surface area (Å²) >= 11 is 5.86. The highest BCUT2D eigenvalue weighted by molar-refractivity contribution is 6.30. The Balaban J connectivity index is 1.48. The molecule has 3 heterocycles. The SMILES string of the molecule is CC1(CN2CCn3c(ccc(C(=O)NCc4ccc(Cl)cc4)c3=O)C2=O)COC1. The van der Waals surface area contributed by atoms with Crippen LogP contribution in [-0.2, 0) is 17.8 Å². The number of aromatic nitrogens is 1. The lowest BCUT2D eigenvalue weighted by Gasteiger charge is -2.43. The van der Waals surface area contributed by atoms with E-state index in [2.05, 4.69) is 12.2 Å². The molecule has 2 aliphatic heterocycles. The van der Waals surface area contributed by atoms with Crippen LogP contribution >= 0.6 is 11.6 Å². The summed E-state index contributed by atoms with van der Waals surface area (Å²) in [6.45, 7) is 5.05. The second-order valence-corrected chi connectivity index (χ2v) is 8.36. The Bertz CT molecular complexity index is 1010. The zero-order chi connectivity index (χ0) is 20.6. The van der Waals surface area contributed by atoms with Crippen molar-refractivity contribution < 1.29 is 14.3 Å². The molecule has 0 unspecified atom stereocenters. The Morgan fingerprint density at radius 3 is 2.52 bits per heavy atom. The van der Waals surface area contributed by atoms with Gasteiger partial charge in [-0.05, 0) is 29.8 Å². The monoisotopic (exact) mass is 415 g/mol. The summed E-state index contributed by atoms with van der Waals surface area (Å²) in [5, 5.41) is 3.36. The molecule has 0 aliphatic carbocycles. The van der Waals surface area contributed by atoms with Gasteiger partial charge in [0, 0.05) is 36.6 Å². The van der Waals surface area contributed by atoms with Gasteiger partial charge in [-0.15, -0.1) is 0 Å². The van der Waals surface area contributed by atoms with Gasteiger partial charge in [-0.3, -0.25) is 14.4 Å². The standard InChI is InChI=1S/C21H22ClN3O4/c1-21(12-29-13-21)11-24-8-9-25-17(20(24)28)7-6-16(19(25)27)18(26)23-10-14-2-4-15(22)5-3-14/h2-7H,8-13H2,1H3,(H,23,26). The minimum Gasteiger partial charge on any atom is -0.380 e. The van der Waals surface area contributed by atoms with Crippen molar-refractivity contribution in [1.82, 2.24) is 14.8 Å². The molecule has 0 bridgehead atoms. The third kappa shape index (κ3) is 3.93. The number of carbonyl (C=O) groups excluding carboxylic acids is 2. The maximum Gasteiger partial charge on any atom is 0.270 e. The van der Waals surface area contributed by atoms with Gasteiger partial charge in [0.25, 0.3) is 17.4 Å². The zero-order valence-electron chi connectivity index (χ0n) is 16.1. The van der Waals surface area contributed by atoms with Crippen LogP contribution in [0.15, 0.2) is 41.2 Å². The van der Waals surface area contributed by atoms with E-state index in [-0.39, 0.29) is 23.4 Å². The normalized spacial score (nSPS) is 17.4. The molecule has 1 saturated heterocycles. The molecule has 7 nitrogen and oxygen atoms in total. The van der Waals surface area contributed by atoms with Gasteiger partial charge in [0.2, 0.25) is 0 Å². The van der Waals surface area contributed by atoms with Crippen LogP contribution in [0.4, 0.5) is 0 Å². The molecule has 0 radical (unpaired) electrons. The first-order chi connectivity index (χ1) is 13.9. The number of fused-ring (bicyclic) bond motifs is 1. The lowest BCUT2D eigenvalue weighted by atomic mass is 9.88. The highest BCUT2D eigenvalue weighted by Crippen LogP contribution is 2.28. The van der Waals surface area contributed by atoms with Crippen LogP contribution in [0.25, 0.3) is 0 Å². The number of nitrogens with zero attached hydrogens (tertiary/aromatic N) is 2. The highest BCUT2D eigenvalue weighted by Gasteiger charge is 2.38. The number of ether oxygens (including phenoxy) is 1. The van der Waals surface area contributed by atoms with Gasteiger partial charge in [0.05, 0.1) is 13.2 Å². The minimum atomic E-state index is -0.464. The average Bonchev–Trinajstić information content (AvgIpc) is 2.68. The van der Waals surface area contributed by atoms with E-state index in [0.29, 0.717) is 43.6 Å². The van der Waals surface area contributed by atoms with Gasteiger partial charge in [0.15, 0.2) is 0 Å². The first kappa shape index (κ1) is 19.7. The summed E-state index contributed by atoms with van der Waals surface area (Å²) in [5.74, 6) is -0.649. The summed E-state index contributed by atoms with van der Waals surface area (Å²) < 4.78 is 6.66. The number of halogens is 1. The maximum absolute atomic E-state index is 12.8. The molecule has 2 amide bonds. The number of carbonyl (C=O) groups is 2. The molecule has 1 aromatic heterocycles. The van der Waals surface area contributed by atoms with Crippen molar-refractivity contribution in [2.24, 2.45) is 5.41 Å². The Labute approximate surface area is 173 Å². The number of nitrogens with one attached hydrogen (secondary N) is 1. The lowest BCUT2D eigenvalue weighted by molar-refractivity contribution is -0.111. The van der Waals surface area contributed by atoms with Gasteiger partial charge in [0.1, 0.15) is 11.3 Å². The van der Waals surface area contributed by atoms with Crippen molar-refractivity contribution in [2.45, 2.75) is 20.0 Å². The van der Waals surface area contributed by atoms with E-state index in [9.17, 15) is 14.4 Å². The summed E-state index contributed by atoms with van der Waals surface area (Å²) in [6, 6.07) is 10.1. The third-order valence-corrected chi connectivity index (χ3v) is 5.61. The zero-order valence-corrected chi connectivity index (χ0v) is 16.9. The summed E-state index contributed by atoms with van der Waals surface area (Å²) in [5.41, 5.74) is 0.754. The van der Waals surface area contributed by atoms with Gasteiger partial charge in [-0.2, -0.15) is 0 Å². The Hall–Kier alpha value is -2.64. The number of hydrogen-bond acceptors (Lipinski definition) is 4. The van der Waals surface area contributed by atoms with E-state index in [4.69, 9.17) is 16.3 Å². The number of benzene rings is 1. The molecular formula is C21H22ClN3O4. The van der Waals surface area contributed by atoms with E-state index in [1.54, 1.807) is 23.1 Å². The molecule has 1 N–H and O–H groups in total. The Kier molecular flexibility index (Phi) is 5.19. The van der Waals surface area contributed by atoms with Crippen molar-refractivity contribution in [1.29, 1.82) is 0 Å². The van der Waals surface area contributed by atoms with E-state index in [1.165, 1.54) is 10.6 Å². The average molecular weight is 416 g/mol. The van der Waals surface area contributed by atoms with Crippen molar-refractivity contribution in [3.63, 3.8) is 0 Å². The molecular weight excluding hydrogens is 394 g/mol. The Morgan fingerprint density at radius 1 is 1.14 bits per heavy atom. The topological polar surface area (TPSA) is 80.6 Å². The van der Waals surface area contributed by atoms with E-state index < -0.39 is 11.5 Å². The fourth-order valence-electron chi connectivity index (χ4n) is 3.68. The van der Waals surface area contributed by atoms with Crippen LogP contribution in [-0.4, -0.2) is 47.6 Å². The van der Waals surface area contributed by atoms with E-state index >= 15 is 0 Å². The predicted molar refractivity (Wildman–Crippen MR) is 108 cm³/mol. The van der Waals surface area contributed by atoms with Gasteiger partial charge < -0.3 is 19.5 Å². The van der Waals surface area contributed by atoms with Gasteiger partial charge in [-0.25, -0.2) is 0 Å². The number of hydrogen-bond donors (Lipinski definition) is 1. The molecule has 0 atom stereocenters. The fourth-order valence-corrected chi connectivity index (χ4v) is 3.80. The molecule has 1 fully saturated rings. The van der Waals surface area contributed by atoms with E-state index in [0.717, 1.165) is 5.56 Å². The Morgan fingerprint density at radius 2 is 1.86 bits per heavy atom. The predicted octanol–water partition coefficient (Wildman–Crippen LogP) is 1.92. The molecule has 0 saturated carbocycles. The quantitative estimate of drug-likeness (QED) is 0.809. The number of amides is 2. The molecule has 2 aromatic rings. The van der Waals surface area contributed by atoms with Crippen LogP contribution in [0.5, 0.6) is 0 Å². The van der Waals surface area contributed by atoms with Crippen LogP contribution in [0, 0.1) is 5.41 Å². The second-order valence-electron chi connectivity index (χ2n) is 7.93. The fraction of sp³-hybridized carbons (Fsp3) is 0.381. The third-order valence-electron chi connectivity index (χ3n) is 5.36. The minimum absolute atomic E-state index is 0.0282. The number of pyridine rings is 1. The van der Waals surface area contributed by atoms with Crippen LogP contribution in [0.1, 0.15) is 33.3 Å². The molecule has 0 spiro atoms. The molecule has 29 heavy (non-hydrogen) atoms. The molecule has 1 aromatic carbocycles. The van der Waals surface area contributed by atoms with Crippen LogP contribution in [0.3, 0.4) is 0 Å². The molecule has 2 aliphatic rings. The van der Waals surface area contributed by atoms with Gasteiger partial charge in [-0.1, -0.05) is 30.7 Å². The molecule has 4 rings (SSSR count). The molecule has 8 heteroatoms. The summed E-state index contributed by atoms with van der Waals surface area (Å²) in [7, 11) is 0. The maximum atomic E-state index is 12.8. The van der Waals surface area contributed by atoms with Gasteiger partial charge >= 0.3 is 0 Å². The molecule has 152 valence electrons. The summed E-state index contributed by atoms with van der Waals surface area (Å²) in [6.07, 6.45) is 0. The smallest absolute Gasteiger partial charge is 0.270 e. The lowest BCUT2D eigenvalue weighted by Crippen LogP contribution is -2.54. The first-order valence-corrected chi connectivity index (χ1v) is 9.88. The summed E-state index contributed by atoms with van der Waals surface area (Å²) in [4.78, 5) is 39.9. The van der Waals surface area contributed by atoms with Crippen molar-refractivity contribution >= 4 is 23.4 Å². The van der Waals surface area contributed by atoms with Crippen molar-refractivity contribution in [3.8, 4) is 0 Å². The van der Waals surface area contributed by atoms with Crippen LogP contribution in [0.2, 0.25) is 5.02 Å². The van der Waals surface area contributed by atoms with Crippen molar-refractivity contribution in [2.75, 3.05) is 26.3 Å². The first-order valence-electron chi connectivity index (χ1n) is 9.50.